The lowest BCUT2D eigenvalue weighted by molar-refractivity contribution is -0.139. The van der Waals surface area contributed by atoms with E-state index in [1.54, 1.807) is 18.2 Å². The van der Waals surface area contributed by atoms with E-state index in [0.717, 1.165) is 0 Å². The first-order valence-electron chi connectivity index (χ1n) is 8.67. The summed E-state index contributed by atoms with van der Waals surface area (Å²) in [7, 11) is 0. The van der Waals surface area contributed by atoms with E-state index in [9.17, 15) is 14.0 Å². The van der Waals surface area contributed by atoms with Crippen molar-refractivity contribution >= 4 is 11.8 Å². The maximum absolute atomic E-state index is 13.8. The van der Waals surface area contributed by atoms with Gasteiger partial charge in [0.25, 0.3) is 0 Å². The summed E-state index contributed by atoms with van der Waals surface area (Å²) in [5, 5.41) is 6.57. The molecule has 0 radical (unpaired) electrons. The zero-order chi connectivity index (χ0) is 18.5. The van der Waals surface area contributed by atoms with E-state index in [1.807, 2.05) is 6.92 Å². The SMILES string of the molecule is CCc1nc(CNC(=O)C2CCC(=O)N(Cc3ccccc3F)C2)no1. The fourth-order valence-electron chi connectivity index (χ4n) is 2.93. The van der Waals surface area contributed by atoms with Crippen molar-refractivity contribution in [1.82, 2.24) is 20.4 Å². The lowest BCUT2D eigenvalue weighted by Crippen LogP contribution is -2.45. The zero-order valence-electron chi connectivity index (χ0n) is 14.6. The molecule has 3 rings (SSSR count). The number of carbonyl (C=O) groups is 2. The van der Waals surface area contributed by atoms with Gasteiger partial charge in [0.1, 0.15) is 5.82 Å². The number of rotatable bonds is 6. The number of nitrogens with one attached hydrogen (secondary N) is 1. The Kier molecular flexibility index (Phi) is 5.60. The Morgan fingerprint density at radius 2 is 2.23 bits per heavy atom. The van der Waals surface area contributed by atoms with Crippen LogP contribution in [0.1, 0.15) is 37.0 Å². The van der Waals surface area contributed by atoms with E-state index in [-0.39, 0.29) is 49.6 Å². The van der Waals surface area contributed by atoms with Crippen molar-refractivity contribution in [1.29, 1.82) is 0 Å². The molecule has 8 heteroatoms. The first-order valence-corrected chi connectivity index (χ1v) is 8.67. The fourth-order valence-corrected chi connectivity index (χ4v) is 2.93. The van der Waals surface area contributed by atoms with Crippen molar-refractivity contribution in [2.45, 2.75) is 39.3 Å². The number of nitrogens with zero attached hydrogens (tertiary/aromatic N) is 3. The van der Waals surface area contributed by atoms with Gasteiger partial charge in [-0.3, -0.25) is 9.59 Å². The number of likely N-dealkylation sites (tertiary alicyclic amines) is 1. The van der Waals surface area contributed by atoms with Crippen LogP contribution >= 0.6 is 0 Å². The Hall–Kier alpha value is -2.77. The highest BCUT2D eigenvalue weighted by Gasteiger charge is 2.30. The summed E-state index contributed by atoms with van der Waals surface area (Å²) in [5.41, 5.74) is 0.445. The standard InChI is InChI=1S/C18H21FN4O3/c1-2-16-21-15(22-26-16)9-20-18(25)13-7-8-17(24)23(11-13)10-12-5-3-4-6-14(12)19/h3-6,13H,2,7-11H2,1H3,(H,20,25). The van der Waals surface area contributed by atoms with Crippen LogP contribution in [0, 0.1) is 11.7 Å². The van der Waals surface area contributed by atoms with Gasteiger partial charge in [0.15, 0.2) is 5.82 Å². The van der Waals surface area contributed by atoms with Crippen LogP contribution in [0.25, 0.3) is 0 Å². The van der Waals surface area contributed by atoms with E-state index < -0.39 is 0 Å². The maximum atomic E-state index is 13.8. The minimum absolute atomic E-state index is 0.0666. The van der Waals surface area contributed by atoms with Crippen molar-refractivity contribution in [3.63, 3.8) is 0 Å². The third-order valence-corrected chi connectivity index (χ3v) is 4.42. The average molecular weight is 360 g/mol. The first-order chi connectivity index (χ1) is 12.6. The summed E-state index contributed by atoms with van der Waals surface area (Å²) in [4.78, 5) is 30.2. The predicted molar refractivity (Wildman–Crippen MR) is 90.1 cm³/mol. The summed E-state index contributed by atoms with van der Waals surface area (Å²) in [5.74, 6) is 0.0218. The van der Waals surface area contributed by atoms with E-state index in [4.69, 9.17) is 4.52 Å². The van der Waals surface area contributed by atoms with E-state index in [1.165, 1.54) is 11.0 Å². The smallest absolute Gasteiger partial charge is 0.226 e. The number of aryl methyl sites for hydroxylation is 1. The fraction of sp³-hybridized carbons (Fsp3) is 0.444. The molecule has 7 nitrogen and oxygen atoms in total. The quantitative estimate of drug-likeness (QED) is 0.849. The normalized spacial score (nSPS) is 17.4. The van der Waals surface area contributed by atoms with Gasteiger partial charge in [0.05, 0.1) is 12.5 Å². The summed E-state index contributed by atoms with van der Waals surface area (Å²) in [6, 6.07) is 6.35. The Labute approximate surface area is 150 Å². The monoisotopic (exact) mass is 360 g/mol. The highest BCUT2D eigenvalue weighted by Crippen LogP contribution is 2.21. The summed E-state index contributed by atoms with van der Waals surface area (Å²) in [6.45, 7) is 2.52. The van der Waals surface area contributed by atoms with Crippen LogP contribution < -0.4 is 5.32 Å². The summed E-state index contributed by atoms with van der Waals surface area (Å²) < 4.78 is 18.8. The van der Waals surface area contributed by atoms with Crippen LogP contribution in [0.4, 0.5) is 4.39 Å². The van der Waals surface area contributed by atoms with Gasteiger partial charge in [-0.1, -0.05) is 30.3 Å². The van der Waals surface area contributed by atoms with Gasteiger partial charge in [0.2, 0.25) is 17.7 Å². The van der Waals surface area contributed by atoms with Crippen molar-refractivity contribution in [3.05, 3.63) is 47.4 Å². The number of amides is 2. The van der Waals surface area contributed by atoms with Gasteiger partial charge in [-0.05, 0) is 12.5 Å². The molecule has 1 aromatic heterocycles. The Balaban J connectivity index is 1.57. The van der Waals surface area contributed by atoms with Crippen molar-refractivity contribution in [2.75, 3.05) is 6.54 Å². The second kappa shape index (κ2) is 8.07. The van der Waals surface area contributed by atoms with Crippen molar-refractivity contribution in [3.8, 4) is 0 Å². The van der Waals surface area contributed by atoms with Gasteiger partial charge < -0.3 is 14.7 Å². The second-order valence-electron chi connectivity index (χ2n) is 6.28. The van der Waals surface area contributed by atoms with Crippen LogP contribution in [-0.4, -0.2) is 33.4 Å². The maximum Gasteiger partial charge on any atom is 0.226 e. The number of halogens is 1. The molecule has 1 aromatic carbocycles. The Morgan fingerprint density at radius 3 is 2.96 bits per heavy atom. The minimum Gasteiger partial charge on any atom is -0.348 e. The van der Waals surface area contributed by atoms with Crippen LogP contribution in [0.15, 0.2) is 28.8 Å². The summed E-state index contributed by atoms with van der Waals surface area (Å²) >= 11 is 0. The van der Waals surface area contributed by atoms with Crippen LogP contribution in [-0.2, 0) is 29.1 Å². The van der Waals surface area contributed by atoms with E-state index in [2.05, 4.69) is 15.5 Å². The van der Waals surface area contributed by atoms with Gasteiger partial charge in [-0.15, -0.1) is 0 Å². The van der Waals surface area contributed by atoms with Gasteiger partial charge >= 0.3 is 0 Å². The number of aromatic nitrogens is 2. The van der Waals surface area contributed by atoms with E-state index in [0.29, 0.717) is 30.1 Å². The first kappa shape index (κ1) is 18.0. The average Bonchev–Trinajstić information content (AvgIpc) is 3.11. The predicted octanol–water partition coefficient (Wildman–Crippen LogP) is 1.83. The molecule has 1 N–H and O–H groups in total. The molecule has 1 atom stereocenters. The largest absolute Gasteiger partial charge is 0.348 e. The van der Waals surface area contributed by atoms with Crippen LogP contribution in [0.5, 0.6) is 0 Å². The molecule has 0 saturated carbocycles. The third-order valence-electron chi connectivity index (χ3n) is 4.42. The minimum atomic E-state index is -0.351. The molecule has 0 aliphatic carbocycles. The number of piperidine rings is 1. The highest BCUT2D eigenvalue weighted by atomic mass is 19.1. The third kappa shape index (κ3) is 4.25. The molecule has 1 aliphatic rings. The molecular formula is C18H21FN4O3. The molecule has 26 heavy (non-hydrogen) atoms. The Morgan fingerprint density at radius 1 is 1.42 bits per heavy atom. The Bertz CT molecular complexity index is 792. The topological polar surface area (TPSA) is 88.3 Å². The second-order valence-corrected chi connectivity index (χ2v) is 6.28. The molecule has 138 valence electrons. The molecular weight excluding hydrogens is 339 g/mol. The van der Waals surface area contributed by atoms with Gasteiger partial charge in [-0.25, -0.2) is 4.39 Å². The molecule has 0 spiro atoms. The number of benzene rings is 1. The number of hydrogen-bond acceptors (Lipinski definition) is 5. The molecule has 1 saturated heterocycles. The van der Waals surface area contributed by atoms with Crippen molar-refractivity contribution < 1.29 is 18.5 Å². The van der Waals surface area contributed by atoms with Crippen LogP contribution in [0.3, 0.4) is 0 Å². The lowest BCUT2D eigenvalue weighted by Gasteiger charge is -2.32. The summed E-state index contributed by atoms with van der Waals surface area (Å²) in [6.07, 6.45) is 1.39. The lowest BCUT2D eigenvalue weighted by atomic mass is 9.96. The molecule has 2 aromatic rings. The van der Waals surface area contributed by atoms with E-state index >= 15 is 0 Å². The number of hydrogen-bond donors (Lipinski definition) is 1. The molecule has 2 heterocycles. The molecule has 1 unspecified atom stereocenters. The highest BCUT2D eigenvalue weighted by molar-refractivity contribution is 5.83. The molecule has 2 amide bonds. The molecule has 1 aliphatic heterocycles. The van der Waals surface area contributed by atoms with Gasteiger partial charge in [0, 0.05) is 31.5 Å². The van der Waals surface area contributed by atoms with Crippen LogP contribution in [0.2, 0.25) is 0 Å². The van der Waals surface area contributed by atoms with Gasteiger partial charge in [-0.2, -0.15) is 4.98 Å². The zero-order valence-corrected chi connectivity index (χ0v) is 14.6. The molecule has 1 fully saturated rings. The van der Waals surface area contributed by atoms with Crippen molar-refractivity contribution in [2.24, 2.45) is 5.92 Å². The molecule has 0 bridgehead atoms. The number of carbonyl (C=O) groups excluding carboxylic acids is 2.